The van der Waals surface area contributed by atoms with Gasteiger partial charge < -0.3 is 29.4 Å². The van der Waals surface area contributed by atoms with Crippen molar-refractivity contribution in [1.29, 1.82) is 0 Å². The molecule has 3 aromatic carbocycles. The standard InChI is InChI=1S/C36H37N7O7/c1-21(2)34(46)40-29-18-27(44)30-33(39-29)43(20-38-30)35-32(45)31(41-42-37)28(50-35)19-49-36(22-8-6-5-7-9-22,23-10-14-25(47-3)15-11-23)24-12-16-26(48-4)17-13-24/h5-17,20-21,28,31-32,35,45H,18-19H2,1-4H3,(H,39,40,46)/t28-,31-,32-,35-/m1/s1. The summed E-state index contributed by atoms with van der Waals surface area (Å²) in [7, 11) is 3.19. The number of amidine groups is 1. The van der Waals surface area contributed by atoms with Crippen molar-refractivity contribution in [3.05, 3.63) is 118 Å². The van der Waals surface area contributed by atoms with Gasteiger partial charge in [0.1, 0.15) is 29.0 Å². The largest absolute Gasteiger partial charge is 0.497 e. The minimum Gasteiger partial charge on any atom is -0.497 e. The summed E-state index contributed by atoms with van der Waals surface area (Å²) < 4.78 is 25.6. The zero-order valence-electron chi connectivity index (χ0n) is 28.0. The monoisotopic (exact) mass is 679 g/mol. The number of carbonyl (C=O) groups excluding carboxylic acids is 2. The maximum absolute atomic E-state index is 13.0. The molecule has 1 amide bonds. The number of aliphatic hydroxyl groups excluding tert-OH is 1. The van der Waals surface area contributed by atoms with Gasteiger partial charge in [-0.2, -0.15) is 0 Å². The molecule has 3 heterocycles. The number of benzene rings is 3. The number of amides is 1. The number of Topliss-reactive ketones (excluding diaryl/α,β-unsaturated/α-hetero) is 1. The summed E-state index contributed by atoms with van der Waals surface area (Å²) in [5.41, 5.74) is 10.8. The molecule has 1 saturated heterocycles. The Morgan fingerprint density at radius 1 is 1.04 bits per heavy atom. The fourth-order valence-electron chi connectivity index (χ4n) is 6.19. The molecule has 0 unspecified atom stereocenters. The van der Waals surface area contributed by atoms with Crippen LogP contribution in [-0.2, 0) is 19.9 Å². The van der Waals surface area contributed by atoms with Gasteiger partial charge in [0.05, 0.1) is 45.7 Å². The summed E-state index contributed by atoms with van der Waals surface area (Å²) in [6.07, 6.45) is -2.27. The molecule has 0 radical (unpaired) electrons. The van der Waals surface area contributed by atoms with E-state index in [1.54, 1.807) is 28.1 Å². The number of carbonyl (C=O) groups is 2. The number of imidazole rings is 1. The number of rotatable bonds is 11. The van der Waals surface area contributed by atoms with Crippen LogP contribution in [0.1, 0.15) is 53.7 Å². The summed E-state index contributed by atoms with van der Waals surface area (Å²) in [5, 5.41) is 18.1. The van der Waals surface area contributed by atoms with Gasteiger partial charge in [0.15, 0.2) is 23.5 Å². The number of fused-ring (bicyclic) bond motifs is 1. The first kappa shape index (κ1) is 34.3. The van der Waals surface area contributed by atoms with E-state index in [2.05, 4.69) is 25.3 Å². The van der Waals surface area contributed by atoms with Gasteiger partial charge in [-0.05, 0) is 46.5 Å². The zero-order chi connectivity index (χ0) is 35.4. The molecule has 2 aliphatic rings. The fraction of sp³-hybridized carbons (Fsp3) is 0.333. The second kappa shape index (κ2) is 14.5. The number of aliphatic imine (C=N–C) groups is 1. The number of hydrogen-bond donors (Lipinski definition) is 2. The SMILES string of the molecule is COc1ccc(C(OC[C@H]2O[C@@H](n3cnc4c3N=C(NC(=O)C(C)C)CC4=O)[C@H](O)[C@@H]2N=[N+]=[N-])(c2ccccc2)c2ccc(OC)cc2)cc1. The first-order valence-electron chi connectivity index (χ1n) is 16.0. The van der Waals surface area contributed by atoms with Crippen LogP contribution < -0.4 is 14.8 Å². The normalized spacial score (nSPS) is 20.1. The molecule has 0 spiro atoms. The van der Waals surface area contributed by atoms with Gasteiger partial charge in [-0.25, -0.2) is 9.98 Å². The number of nitrogens with zero attached hydrogens (tertiary/aromatic N) is 6. The molecule has 4 aromatic rings. The number of methoxy groups -OCH3 is 2. The van der Waals surface area contributed by atoms with Crippen molar-refractivity contribution in [3.8, 4) is 11.5 Å². The highest BCUT2D eigenvalue weighted by molar-refractivity contribution is 6.16. The van der Waals surface area contributed by atoms with Crippen molar-refractivity contribution in [3.63, 3.8) is 0 Å². The minimum absolute atomic E-state index is 0.0745. The van der Waals surface area contributed by atoms with E-state index in [9.17, 15) is 20.2 Å². The molecule has 4 atom stereocenters. The van der Waals surface area contributed by atoms with E-state index in [-0.39, 0.29) is 48.0 Å². The number of aromatic nitrogens is 2. The van der Waals surface area contributed by atoms with E-state index in [1.807, 2.05) is 78.9 Å². The van der Waals surface area contributed by atoms with E-state index < -0.39 is 30.1 Å². The molecule has 1 aromatic heterocycles. The van der Waals surface area contributed by atoms with Crippen LogP contribution in [0.5, 0.6) is 11.5 Å². The minimum atomic E-state index is -1.37. The lowest BCUT2D eigenvalue weighted by Crippen LogP contribution is -2.39. The van der Waals surface area contributed by atoms with Crippen LogP contribution >= 0.6 is 0 Å². The van der Waals surface area contributed by atoms with Crippen LogP contribution in [0.2, 0.25) is 0 Å². The quantitative estimate of drug-likeness (QED) is 0.0934. The van der Waals surface area contributed by atoms with Crippen LogP contribution in [0.3, 0.4) is 0 Å². The third kappa shape index (κ3) is 6.44. The van der Waals surface area contributed by atoms with Gasteiger partial charge in [-0.3, -0.25) is 14.2 Å². The fourth-order valence-corrected chi connectivity index (χ4v) is 6.19. The first-order chi connectivity index (χ1) is 24.2. The molecule has 14 nitrogen and oxygen atoms in total. The second-order valence-corrected chi connectivity index (χ2v) is 12.2. The number of ether oxygens (including phenoxy) is 4. The van der Waals surface area contributed by atoms with Crippen LogP contribution in [0.4, 0.5) is 5.82 Å². The Morgan fingerprint density at radius 2 is 1.64 bits per heavy atom. The Hall–Kier alpha value is -5.53. The molecule has 6 rings (SSSR count). The molecule has 2 aliphatic heterocycles. The molecule has 1 fully saturated rings. The summed E-state index contributed by atoms with van der Waals surface area (Å²) >= 11 is 0. The van der Waals surface area contributed by atoms with E-state index >= 15 is 0 Å². The van der Waals surface area contributed by atoms with E-state index in [4.69, 9.17) is 18.9 Å². The van der Waals surface area contributed by atoms with Crippen molar-refractivity contribution < 1.29 is 33.6 Å². The average molecular weight is 680 g/mol. The highest BCUT2D eigenvalue weighted by Crippen LogP contribution is 2.44. The molecular weight excluding hydrogens is 642 g/mol. The summed E-state index contributed by atoms with van der Waals surface area (Å²) in [5.74, 6) is 0.627. The van der Waals surface area contributed by atoms with Crippen molar-refractivity contribution in [2.45, 2.75) is 50.3 Å². The van der Waals surface area contributed by atoms with Gasteiger partial charge in [0.25, 0.3) is 0 Å². The third-order valence-electron chi connectivity index (χ3n) is 8.83. The molecule has 2 N–H and O–H groups in total. The first-order valence-corrected chi connectivity index (χ1v) is 16.0. The lowest BCUT2D eigenvalue weighted by molar-refractivity contribution is -0.122. The number of azide groups is 1. The lowest BCUT2D eigenvalue weighted by atomic mass is 9.80. The van der Waals surface area contributed by atoms with Crippen molar-refractivity contribution in [2.24, 2.45) is 16.0 Å². The Labute approximate surface area is 288 Å². The van der Waals surface area contributed by atoms with E-state index in [0.29, 0.717) is 11.5 Å². The molecule has 0 bridgehead atoms. The number of aliphatic hydroxyl groups is 1. The number of hydrogen-bond acceptors (Lipinski definition) is 10. The second-order valence-electron chi connectivity index (χ2n) is 12.2. The predicted molar refractivity (Wildman–Crippen MR) is 182 cm³/mol. The maximum Gasteiger partial charge on any atom is 0.227 e. The van der Waals surface area contributed by atoms with E-state index in [0.717, 1.165) is 16.7 Å². The lowest BCUT2D eigenvalue weighted by Gasteiger charge is -2.37. The van der Waals surface area contributed by atoms with Crippen LogP contribution in [0, 0.1) is 5.92 Å². The third-order valence-corrected chi connectivity index (χ3v) is 8.83. The average Bonchev–Trinajstić information content (AvgIpc) is 3.70. The Bertz CT molecular complexity index is 1870. The Balaban J connectivity index is 1.38. The zero-order valence-corrected chi connectivity index (χ0v) is 28.0. The molecular formula is C36H37N7O7. The topological polar surface area (TPSA) is 182 Å². The molecule has 258 valence electrons. The Kier molecular flexibility index (Phi) is 9.98. The van der Waals surface area contributed by atoms with Crippen molar-refractivity contribution >= 4 is 23.3 Å². The summed E-state index contributed by atoms with van der Waals surface area (Å²) in [4.78, 5) is 37.1. The van der Waals surface area contributed by atoms with Crippen LogP contribution in [-0.4, -0.2) is 71.3 Å². The van der Waals surface area contributed by atoms with Gasteiger partial charge in [0, 0.05) is 10.8 Å². The number of ketones is 1. The number of nitrogens with one attached hydrogen (secondary N) is 1. The van der Waals surface area contributed by atoms with Gasteiger partial charge in [0.2, 0.25) is 5.91 Å². The molecule has 0 saturated carbocycles. The summed E-state index contributed by atoms with van der Waals surface area (Å²) in [6, 6.07) is 23.6. The molecule has 0 aliphatic carbocycles. The highest BCUT2D eigenvalue weighted by atomic mass is 16.6. The van der Waals surface area contributed by atoms with Gasteiger partial charge >= 0.3 is 0 Å². The maximum atomic E-state index is 13.0. The van der Waals surface area contributed by atoms with Gasteiger partial charge in [-0.15, -0.1) is 0 Å². The molecule has 14 heteroatoms. The highest BCUT2D eigenvalue weighted by Gasteiger charge is 2.48. The Morgan fingerprint density at radius 3 is 2.20 bits per heavy atom. The van der Waals surface area contributed by atoms with Gasteiger partial charge in [-0.1, -0.05) is 73.6 Å². The van der Waals surface area contributed by atoms with Crippen molar-refractivity contribution in [2.75, 3.05) is 20.8 Å². The van der Waals surface area contributed by atoms with Crippen LogP contribution in [0.25, 0.3) is 10.4 Å². The smallest absolute Gasteiger partial charge is 0.227 e. The molecule has 50 heavy (non-hydrogen) atoms. The van der Waals surface area contributed by atoms with E-state index in [1.165, 1.54) is 10.9 Å². The summed E-state index contributed by atoms with van der Waals surface area (Å²) in [6.45, 7) is 3.32. The predicted octanol–water partition coefficient (Wildman–Crippen LogP) is 5.23. The van der Waals surface area contributed by atoms with Crippen LogP contribution in [0.15, 0.2) is 95.3 Å². The van der Waals surface area contributed by atoms with Crippen molar-refractivity contribution in [1.82, 2.24) is 14.9 Å².